The third-order valence-electron chi connectivity index (χ3n) is 3.47. The standard InChI is InChI=1S/C15H18N2O3S/c1-16-14(19)12-6-2-3-8-17(12)15(20)13-11(5-4-9-18)7-10-21-13/h7,10,12,18H,2-3,6,8-9H2,1H3,(H,16,19). The molecule has 2 heterocycles. The Hall–Kier alpha value is -1.84. The fourth-order valence-corrected chi connectivity index (χ4v) is 3.26. The highest BCUT2D eigenvalue weighted by molar-refractivity contribution is 7.12. The summed E-state index contributed by atoms with van der Waals surface area (Å²) in [6, 6.07) is 1.36. The van der Waals surface area contributed by atoms with Crippen LogP contribution in [-0.4, -0.2) is 48.1 Å². The van der Waals surface area contributed by atoms with Crippen molar-refractivity contribution in [1.29, 1.82) is 0 Å². The molecule has 0 spiro atoms. The molecular weight excluding hydrogens is 288 g/mol. The van der Waals surface area contributed by atoms with Crippen LogP contribution < -0.4 is 5.32 Å². The lowest BCUT2D eigenvalue weighted by atomic mass is 10.0. The number of thiophene rings is 1. The minimum absolute atomic E-state index is 0.123. The molecule has 2 amide bonds. The van der Waals surface area contributed by atoms with Gasteiger partial charge in [0.2, 0.25) is 5.91 Å². The Bertz CT molecular complexity index is 585. The van der Waals surface area contributed by atoms with E-state index in [9.17, 15) is 9.59 Å². The second-order valence-corrected chi connectivity index (χ2v) is 5.66. The number of hydrogen-bond acceptors (Lipinski definition) is 4. The van der Waals surface area contributed by atoms with E-state index in [0.29, 0.717) is 23.4 Å². The zero-order chi connectivity index (χ0) is 15.2. The number of aliphatic hydroxyl groups is 1. The second-order valence-electron chi connectivity index (χ2n) is 4.75. The first-order valence-electron chi connectivity index (χ1n) is 6.88. The summed E-state index contributed by atoms with van der Waals surface area (Å²) >= 11 is 1.32. The molecule has 0 radical (unpaired) electrons. The van der Waals surface area contributed by atoms with Crippen molar-refractivity contribution in [3.63, 3.8) is 0 Å². The van der Waals surface area contributed by atoms with Crippen LogP contribution in [0.15, 0.2) is 11.4 Å². The number of aliphatic hydroxyl groups excluding tert-OH is 1. The normalized spacial score (nSPS) is 17.8. The van der Waals surface area contributed by atoms with Crippen LogP contribution in [-0.2, 0) is 4.79 Å². The van der Waals surface area contributed by atoms with E-state index < -0.39 is 6.04 Å². The quantitative estimate of drug-likeness (QED) is 0.795. The van der Waals surface area contributed by atoms with Gasteiger partial charge >= 0.3 is 0 Å². The number of nitrogens with one attached hydrogen (secondary N) is 1. The van der Waals surface area contributed by atoms with Gasteiger partial charge < -0.3 is 15.3 Å². The maximum atomic E-state index is 12.7. The molecule has 1 fully saturated rings. The van der Waals surface area contributed by atoms with Gasteiger partial charge in [-0.1, -0.05) is 11.8 Å². The van der Waals surface area contributed by atoms with Gasteiger partial charge in [0.25, 0.3) is 5.91 Å². The SMILES string of the molecule is CNC(=O)C1CCCCN1C(=O)c1sccc1C#CCO. The number of carbonyl (C=O) groups is 2. The van der Waals surface area contributed by atoms with Gasteiger partial charge in [-0.25, -0.2) is 0 Å². The second kappa shape index (κ2) is 7.25. The highest BCUT2D eigenvalue weighted by atomic mass is 32.1. The van der Waals surface area contributed by atoms with Crippen LogP contribution in [0.3, 0.4) is 0 Å². The van der Waals surface area contributed by atoms with E-state index in [2.05, 4.69) is 17.2 Å². The van der Waals surface area contributed by atoms with Gasteiger partial charge in [-0.3, -0.25) is 9.59 Å². The van der Waals surface area contributed by atoms with Crippen LogP contribution in [0.4, 0.5) is 0 Å². The molecule has 1 unspecified atom stereocenters. The van der Waals surface area contributed by atoms with Gasteiger partial charge in [0.05, 0.1) is 0 Å². The van der Waals surface area contributed by atoms with Crippen LogP contribution in [0.5, 0.6) is 0 Å². The maximum Gasteiger partial charge on any atom is 0.265 e. The predicted molar refractivity (Wildman–Crippen MR) is 81.0 cm³/mol. The predicted octanol–water partition coefficient (Wildman–Crippen LogP) is 0.833. The fraction of sp³-hybridized carbons (Fsp3) is 0.467. The van der Waals surface area contributed by atoms with Crippen molar-refractivity contribution in [3.05, 3.63) is 21.9 Å². The Morgan fingerprint density at radius 3 is 3.05 bits per heavy atom. The Labute approximate surface area is 128 Å². The molecule has 5 nitrogen and oxygen atoms in total. The smallest absolute Gasteiger partial charge is 0.265 e. The van der Waals surface area contributed by atoms with E-state index >= 15 is 0 Å². The number of piperidine rings is 1. The molecule has 1 aliphatic heterocycles. The van der Waals surface area contributed by atoms with E-state index in [1.807, 2.05) is 0 Å². The van der Waals surface area contributed by atoms with Crippen molar-refractivity contribution in [2.75, 3.05) is 20.2 Å². The van der Waals surface area contributed by atoms with Gasteiger partial charge in [-0.2, -0.15) is 0 Å². The highest BCUT2D eigenvalue weighted by Gasteiger charge is 2.33. The van der Waals surface area contributed by atoms with Gasteiger partial charge in [0.15, 0.2) is 0 Å². The Morgan fingerprint density at radius 1 is 1.52 bits per heavy atom. The zero-order valence-corrected chi connectivity index (χ0v) is 12.7. The number of carbonyl (C=O) groups excluding carboxylic acids is 2. The number of likely N-dealkylation sites (tertiary alicyclic amines) is 1. The highest BCUT2D eigenvalue weighted by Crippen LogP contribution is 2.24. The van der Waals surface area contributed by atoms with Gasteiger partial charge in [0, 0.05) is 19.2 Å². The van der Waals surface area contributed by atoms with Crippen molar-refractivity contribution in [2.24, 2.45) is 0 Å². The minimum Gasteiger partial charge on any atom is -0.384 e. The van der Waals surface area contributed by atoms with Crippen LogP contribution in [0.2, 0.25) is 0 Å². The number of amides is 2. The third-order valence-corrected chi connectivity index (χ3v) is 4.38. The zero-order valence-electron chi connectivity index (χ0n) is 11.9. The van der Waals surface area contributed by atoms with Gasteiger partial charge in [-0.05, 0) is 30.7 Å². The molecule has 112 valence electrons. The summed E-state index contributed by atoms with van der Waals surface area (Å²) in [7, 11) is 1.59. The molecule has 2 rings (SSSR count). The number of likely N-dealkylation sites (N-methyl/N-ethyl adjacent to an activating group) is 1. The summed E-state index contributed by atoms with van der Waals surface area (Å²) in [6.45, 7) is 0.343. The molecule has 0 aliphatic carbocycles. The molecule has 1 atom stereocenters. The van der Waals surface area contributed by atoms with Crippen molar-refractivity contribution in [3.8, 4) is 11.8 Å². The first kappa shape index (κ1) is 15.5. The monoisotopic (exact) mass is 306 g/mol. The molecule has 1 aromatic heterocycles. The molecular formula is C15H18N2O3S. The van der Waals surface area contributed by atoms with Crippen molar-refractivity contribution in [1.82, 2.24) is 10.2 Å². The Morgan fingerprint density at radius 2 is 2.33 bits per heavy atom. The van der Waals surface area contributed by atoms with Gasteiger partial charge in [-0.15, -0.1) is 11.3 Å². The molecule has 21 heavy (non-hydrogen) atoms. The summed E-state index contributed by atoms with van der Waals surface area (Å²) in [5, 5.41) is 13.2. The van der Waals surface area contributed by atoms with Crippen molar-refractivity contribution in [2.45, 2.75) is 25.3 Å². The minimum atomic E-state index is -0.406. The number of hydrogen-bond donors (Lipinski definition) is 2. The molecule has 0 saturated carbocycles. The van der Waals surface area contributed by atoms with Gasteiger partial charge in [0.1, 0.15) is 17.5 Å². The maximum absolute atomic E-state index is 12.7. The molecule has 6 heteroatoms. The van der Waals surface area contributed by atoms with Crippen molar-refractivity contribution >= 4 is 23.2 Å². The van der Waals surface area contributed by atoms with Crippen LogP contribution in [0.25, 0.3) is 0 Å². The van der Waals surface area contributed by atoms with Crippen LogP contribution in [0, 0.1) is 11.8 Å². The van der Waals surface area contributed by atoms with Crippen LogP contribution >= 0.6 is 11.3 Å². The number of rotatable bonds is 2. The fourth-order valence-electron chi connectivity index (χ4n) is 2.45. The first-order valence-corrected chi connectivity index (χ1v) is 7.76. The summed E-state index contributed by atoms with van der Waals surface area (Å²) in [4.78, 5) is 26.8. The average molecular weight is 306 g/mol. The topological polar surface area (TPSA) is 69.6 Å². The summed E-state index contributed by atoms with van der Waals surface area (Å²) in [6.07, 6.45) is 2.54. The number of nitrogens with zero attached hydrogens (tertiary/aromatic N) is 1. The molecule has 1 saturated heterocycles. The largest absolute Gasteiger partial charge is 0.384 e. The van der Waals surface area contributed by atoms with Crippen molar-refractivity contribution < 1.29 is 14.7 Å². The third kappa shape index (κ3) is 3.43. The van der Waals surface area contributed by atoms with E-state index in [1.165, 1.54) is 11.3 Å². The first-order chi connectivity index (χ1) is 10.2. The lowest BCUT2D eigenvalue weighted by Crippen LogP contribution is -2.51. The molecule has 0 aromatic carbocycles. The molecule has 1 aliphatic rings. The summed E-state index contributed by atoms with van der Waals surface area (Å²) in [5.74, 6) is 5.06. The summed E-state index contributed by atoms with van der Waals surface area (Å²) < 4.78 is 0. The van der Waals surface area contributed by atoms with E-state index in [4.69, 9.17) is 5.11 Å². The summed E-state index contributed by atoms with van der Waals surface area (Å²) in [5.41, 5.74) is 0.611. The Kier molecular flexibility index (Phi) is 5.37. The molecule has 1 aromatic rings. The lowest BCUT2D eigenvalue weighted by Gasteiger charge is -2.34. The van der Waals surface area contributed by atoms with Crippen LogP contribution in [0.1, 0.15) is 34.5 Å². The average Bonchev–Trinajstić information content (AvgIpc) is 2.99. The molecule has 0 bridgehead atoms. The van der Waals surface area contributed by atoms with E-state index in [0.717, 1.165) is 12.8 Å². The Balaban J connectivity index is 2.25. The molecule has 2 N–H and O–H groups in total. The lowest BCUT2D eigenvalue weighted by molar-refractivity contribution is -0.126. The van der Waals surface area contributed by atoms with E-state index in [-0.39, 0.29) is 18.4 Å². The van der Waals surface area contributed by atoms with E-state index in [1.54, 1.807) is 23.4 Å².